The fraction of sp³-hybridized carbons (Fsp3) is 0.280. The van der Waals surface area contributed by atoms with Crippen molar-refractivity contribution in [2.45, 2.75) is 32.9 Å². The highest BCUT2D eigenvalue weighted by molar-refractivity contribution is 6.28. The second kappa shape index (κ2) is 11.1. The molecule has 1 heterocycles. The lowest BCUT2D eigenvalue weighted by Crippen LogP contribution is -2.44. The maximum absolute atomic E-state index is 13.2. The second-order valence-corrected chi connectivity index (χ2v) is 9.14. The molecule has 0 radical (unpaired) electrons. The average Bonchev–Trinajstić information content (AvgIpc) is 2.78. The number of aryl methyl sites for hydroxylation is 1. The van der Waals surface area contributed by atoms with Gasteiger partial charge in [0.2, 0.25) is 5.28 Å². The number of hydrogen-bond donors (Lipinski definition) is 3. The number of nitrogens with one attached hydrogen (secondary N) is 2. The smallest absolute Gasteiger partial charge is 0.407 e. The Morgan fingerprint density at radius 2 is 1.89 bits per heavy atom. The van der Waals surface area contributed by atoms with Crippen LogP contribution >= 0.6 is 11.6 Å². The van der Waals surface area contributed by atoms with Crippen LogP contribution in [0.1, 0.15) is 35.3 Å². The lowest BCUT2D eigenvalue weighted by Gasteiger charge is -2.30. The quantitative estimate of drug-likeness (QED) is 0.309. The van der Waals surface area contributed by atoms with Crippen LogP contribution in [0.25, 0.3) is 0 Å². The van der Waals surface area contributed by atoms with E-state index < -0.39 is 11.7 Å². The Labute approximate surface area is 209 Å². The average molecular weight is 497 g/mol. The molecule has 3 aromatic rings. The van der Waals surface area contributed by atoms with E-state index in [-0.39, 0.29) is 29.1 Å². The number of benzene rings is 2. The summed E-state index contributed by atoms with van der Waals surface area (Å²) in [5.74, 6) is -0.0665. The van der Waals surface area contributed by atoms with Gasteiger partial charge in [0.1, 0.15) is 17.0 Å². The third-order valence-electron chi connectivity index (χ3n) is 5.02. The SMILES string of the molecule is Cc1cccc(Nc2nc(Cl)ncc2C(=O)N(C)CC(C)(C)OC(=O)NCc2ccc(N)cc2)c1. The minimum absolute atomic E-state index is 0.0146. The lowest BCUT2D eigenvalue weighted by atomic mass is 10.1. The topological polar surface area (TPSA) is 122 Å². The maximum atomic E-state index is 13.2. The Morgan fingerprint density at radius 1 is 1.17 bits per heavy atom. The van der Waals surface area contributed by atoms with Gasteiger partial charge in [-0.2, -0.15) is 4.98 Å². The highest BCUT2D eigenvalue weighted by atomic mass is 35.5. The molecule has 1 aromatic heterocycles. The highest BCUT2D eigenvalue weighted by Crippen LogP contribution is 2.23. The summed E-state index contributed by atoms with van der Waals surface area (Å²) in [5.41, 5.74) is 8.30. The van der Waals surface area contributed by atoms with E-state index in [1.54, 1.807) is 33.0 Å². The summed E-state index contributed by atoms with van der Waals surface area (Å²) in [7, 11) is 1.62. The highest BCUT2D eigenvalue weighted by Gasteiger charge is 2.28. The van der Waals surface area contributed by atoms with Crippen LogP contribution in [0.4, 0.5) is 22.0 Å². The summed E-state index contributed by atoms with van der Waals surface area (Å²) < 4.78 is 5.56. The summed E-state index contributed by atoms with van der Waals surface area (Å²) in [5, 5.41) is 5.85. The number of nitrogens with two attached hydrogens (primary N) is 1. The van der Waals surface area contributed by atoms with E-state index in [0.29, 0.717) is 12.2 Å². The third-order valence-corrected chi connectivity index (χ3v) is 5.20. The fourth-order valence-electron chi connectivity index (χ4n) is 3.45. The number of hydrogen-bond acceptors (Lipinski definition) is 7. The van der Waals surface area contributed by atoms with Gasteiger partial charge in [-0.05, 0) is 67.8 Å². The molecule has 0 saturated heterocycles. The number of carbonyl (C=O) groups excluding carboxylic acids is 2. The number of halogens is 1. The fourth-order valence-corrected chi connectivity index (χ4v) is 3.58. The molecule has 2 amide bonds. The van der Waals surface area contributed by atoms with Crippen LogP contribution in [0.3, 0.4) is 0 Å². The number of nitrogens with zero attached hydrogens (tertiary/aromatic N) is 3. The number of anilines is 3. The predicted molar refractivity (Wildman–Crippen MR) is 137 cm³/mol. The van der Waals surface area contributed by atoms with Crippen molar-refractivity contribution in [3.05, 3.63) is 76.7 Å². The van der Waals surface area contributed by atoms with Crippen LogP contribution in [0.2, 0.25) is 5.28 Å². The van der Waals surface area contributed by atoms with Crippen molar-refractivity contribution in [3.63, 3.8) is 0 Å². The van der Waals surface area contributed by atoms with Crippen molar-refractivity contribution < 1.29 is 14.3 Å². The largest absolute Gasteiger partial charge is 0.442 e. The van der Waals surface area contributed by atoms with E-state index in [0.717, 1.165) is 16.8 Å². The lowest BCUT2D eigenvalue weighted by molar-refractivity contribution is 0.0153. The zero-order valence-corrected chi connectivity index (χ0v) is 20.9. The Kier molecular flexibility index (Phi) is 8.14. The van der Waals surface area contributed by atoms with E-state index in [9.17, 15) is 9.59 Å². The minimum atomic E-state index is -0.965. The zero-order chi connectivity index (χ0) is 25.6. The molecule has 0 saturated carbocycles. The molecule has 0 unspecified atom stereocenters. The second-order valence-electron chi connectivity index (χ2n) is 8.80. The normalized spacial score (nSPS) is 11.0. The first-order valence-electron chi connectivity index (χ1n) is 11.0. The standard InChI is InChI=1S/C25H29ClN6O3/c1-16-6-5-7-19(12-16)30-21-20(14-28-23(26)31-21)22(33)32(4)15-25(2,3)35-24(34)29-13-17-8-10-18(27)11-9-17/h5-12,14H,13,15,27H2,1-4H3,(H,29,34)(H,28,30,31). The minimum Gasteiger partial charge on any atom is -0.442 e. The van der Waals surface area contributed by atoms with E-state index in [1.807, 2.05) is 43.3 Å². The molecular weight excluding hydrogens is 468 g/mol. The third kappa shape index (κ3) is 7.58. The molecule has 0 fully saturated rings. The van der Waals surface area contributed by atoms with E-state index in [4.69, 9.17) is 22.1 Å². The van der Waals surface area contributed by atoms with Gasteiger partial charge >= 0.3 is 6.09 Å². The Hall–Kier alpha value is -3.85. The molecule has 0 bridgehead atoms. The first-order chi connectivity index (χ1) is 16.5. The van der Waals surface area contributed by atoms with Crippen molar-refractivity contribution in [1.82, 2.24) is 20.2 Å². The Bertz CT molecular complexity index is 1200. The van der Waals surface area contributed by atoms with Crippen LogP contribution in [-0.4, -0.2) is 46.1 Å². The molecule has 35 heavy (non-hydrogen) atoms. The van der Waals surface area contributed by atoms with Crippen LogP contribution in [0.5, 0.6) is 0 Å². The van der Waals surface area contributed by atoms with Crippen LogP contribution < -0.4 is 16.4 Å². The number of aromatic nitrogens is 2. The molecule has 2 aromatic carbocycles. The zero-order valence-electron chi connectivity index (χ0n) is 20.1. The van der Waals surface area contributed by atoms with Crippen molar-refractivity contribution in [2.75, 3.05) is 24.6 Å². The summed E-state index contributed by atoms with van der Waals surface area (Å²) in [4.78, 5) is 35.2. The number of nitrogen functional groups attached to an aromatic ring is 1. The van der Waals surface area contributed by atoms with Crippen LogP contribution in [0.15, 0.2) is 54.7 Å². The van der Waals surface area contributed by atoms with Gasteiger partial charge in [0.15, 0.2) is 0 Å². The van der Waals surface area contributed by atoms with Gasteiger partial charge in [-0.1, -0.05) is 24.3 Å². The van der Waals surface area contributed by atoms with Gasteiger partial charge in [0.25, 0.3) is 5.91 Å². The molecular formula is C25H29ClN6O3. The first kappa shape index (κ1) is 25.8. The molecule has 10 heteroatoms. The van der Waals surface area contributed by atoms with Crippen LogP contribution in [-0.2, 0) is 11.3 Å². The van der Waals surface area contributed by atoms with Crippen LogP contribution in [0, 0.1) is 6.92 Å². The van der Waals surface area contributed by atoms with Gasteiger partial charge in [-0.25, -0.2) is 9.78 Å². The number of carbonyl (C=O) groups is 2. The van der Waals surface area contributed by atoms with E-state index in [2.05, 4.69) is 20.6 Å². The number of likely N-dealkylation sites (N-methyl/N-ethyl adjacent to an activating group) is 1. The van der Waals surface area contributed by atoms with Crippen molar-refractivity contribution in [2.24, 2.45) is 0 Å². The molecule has 3 rings (SSSR count). The molecule has 4 N–H and O–H groups in total. The Balaban J connectivity index is 1.64. The summed E-state index contributed by atoms with van der Waals surface area (Å²) in [6, 6.07) is 14.8. The van der Waals surface area contributed by atoms with Crippen molar-refractivity contribution >= 4 is 40.8 Å². The molecule has 0 aliphatic carbocycles. The summed E-state index contributed by atoms with van der Waals surface area (Å²) in [6.45, 7) is 5.84. The van der Waals surface area contributed by atoms with Crippen molar-refractivity contribution in [3.8, 4) is 0 Å². The molecule has 0 aliphatic rings. The predicted octanol–water partition coefficient (Wildman–Crippen LogP) is 4.54. The molecule has 184 valence electrons. The maximum Gasteiger partial charge on any atom is 0.407 e. The van der Waals surface area contributed by atoms with Crippen molar-refractivity contribution in [1.29, 1.82) is 0 Å². The monoisotopic (exact) mass is 496 g/mol. The number of rotatable bonds is 8. The van der Waals surface area contributed by atoms with Gasteiger partial charge in [0.05, 0.1) is 6.54 Å². The molecule has 9 nitrogen and oxygen atoms in total. The van der Waals surface area contributed by atoms with Gasteiger partial charge < -0.3 is 26.0 Å². The molecule has 0 aliphatic heterocycles. The first-order valence-corrected chi connectivity index (χ1v) is 11.3. The van der Waals surface area contributed by atoms with E-state index in [1.165, 1.54) is 11.1 Å². The van der Waals surface area contributed by atoms with Gasteiger partial charge in [-0.15, -0.1) is 0 Å². The molecule has 0 atom stereocenters. The summed E-state index contributed by atoms with van der Waals surface area (Å²) >= 11 is 5.99. The summed E-state index contributed by atoms with van der Waals surface area (Å²) in [6.07, 6.45) is 0.781. The van der Waals surface area contributed by atoms with Gasteiger partial charge in [-0.3, -0.25) is 4.79 Å². The van der Waals surface area contributed by atoms with Gasteiger partial charge in [0, 0.05) is 31.2 Å². The number of alkyl carbamates (subject to hydrolysis) is 1. The molecule has 0 spiro atoms. The number of amides is 2. The van der Waals surface area contributed by atoms with E-state index >= 15 is 0 Å². The Morgan fingerprint density at radius 3 is 2.57 bits per heavy atom. The number of ether oxygens (including phenoxy) is 1.